The van der Waals surface area contributed by atoms with Crippen LogP contribution in [0.3, 0.4) is 0 Å². The van der Waals surface area contributed by atoms with E-state index in [1.807, 2.05) is 13.0 Å². The Bertz CT molecular complexity index is 477. The Morgan fingerprint density at radius 1 is 1.47 bits per heavy atom. The fraction of sp³-hybridized carbons (Fsp3) is 0.400. The number of nitrogens with two attached hydrogens (primary N) is 1. The fourth-order valence-electron chi connectivity index (χ4n) is 1.74. The first kappa shape index (κ1) is 9.92. The van der Waals surface area contributed by atoms with Crippen molar-refractivity contribution in [2.75, 3.05) is 13.7 Å². The minimum Gasteiger partial charge on any atom is -0.480 e. The highest BCUT2D eigenvalue weighted by atomic mass is 16.5. The van der Waals surface area contributed by atoms with Gasteiger partial charge in [-0.15, -0.1) is 0 Å². The molecule has 15 heavy (non-hydrogen) atoms. The highest BCUT2D eigenvalue weighted by Gasteiger charge is 2.10. The average Bonchev–Trinajstić information content (AvgIpc) is 2.56. The first-order valence-corrected chi connectivity index (χ1v) is 4.83. The summed E-state index contributed by atoms with van der Waals surface area (Å²) in [4.78, 5) is 8.31. The highest BCUT2D eigenvalue weighted by molar-refractivity contribution is 5.82. The lowest BCUT2D eigenvalue weighted by Gasteiger charge is -2.05. The van der Waals surface area contributed by atoms with Crippen molar-refractivity contribution in [3.05, 3.63) is 18.1 Å². The monoisotopic (exact) mass is 206 g/mol. The molecule has 0 amide bonds. The van der Waals surface area contributed by atoms with Gasteiger partial charge in [0.2, 0.25) is 5.88 Å². The van der Waals surface area contributed by atoms with Crippen LogP contribution in [-0.4, -0.2) is 28.2 Å². The number of methoxy groups -OCH3 is 1. The van der Waals surface area contributed by atoms with Crippen LogP contribution in [0.1, 0.15) is 5.69 Å². The standard InChI is InChI=1S/C10H14N4O/c1-7-5-8-9(14(7)4-3-11)12-6-13-10(8)15-2/h5-6H,3-4,11H2,1-2H3. The zero-order chi connectivity index (χ0) is 10.8. The number of aryl methyl sites for hydroxylation is 1. The van der Waals surface area contributed by atoms with Crippen molar-refractivity contribution in [3.8, 4) is 5.88 Å². The highest BCUT2D eigenvalue weighted by Crippen LogP contribution is 2.24. The van der Waals surface area contributed by atoms with Crippen LogP contribution >= 0.6 is 0 Å². The molecule has 0 saturated carbocycles. The molecular weight excluding hydrogens is 192 g/mol. The van der Waals surface area contributed by atoms with Crippen molar-refractivity contribution < 1.29 is 4.74 Å². The number of hydrogen-bond donors (Lipinski definition) is 1. The first-order valence-electron chi connectivity index (χ1n) is 4.83. The Morgan fingerprint density at radius 2 is 2.27 bits per heavy atom. The SMILES string of the molecule is COc1ncnc2c1cc(C)n2CCN. The van der Waals surface area contributed by atoms with Gasteiger partial charge in [0, 0.05) is 18.8 Å². The lowest BCUT2D eigenvalue weighted by atomic mass is 10.4. The fourth-order valence-corrected chi connectivity index (χ4v) is 1.74. The van der Waals surface area contributed by atoms with Gasteiger partial charge in [-0.05, 0) is 13.0 Å². The molecule has 0 aliphatic heterocycles. The maximum Gasteiger partial charge on any atom is 0.225 e. The molecule has 0 aromatic carbocycles. The lowest BCUT2D eigenvalue weighted by Crippen LogP contribution is -2.11. The van der Waals surface area contributed by atoms with E-state index >= 15 is 0 Å². The summed E-state index contributed by atoms with van der Waals surface area (Å²) in [6.45, 7) is 3.38. The second-order valence-electron chi connectivity index (χ2n) is 3.35. The number of hydrogen-bond acceptors (Lipinski definition) is 4. The van der Waals surface area contributed by atoms with E-state index in [0.29, 0.717) is 12.4 Å². The van der Waals surface area contributed by atoms with Gasteiger partial charge in [-0.3, -0.25) is 0 Å². The number of ether oxygens (including phenoxy) is 1. The van der Waals surface area contributed by atoms with Crippen molar-refractivity contribution in [1.29, 1.82) is 0 Å². The summed E-state index contributed by atoms with van der Waals surface area (Å²) in [5.41, 5.74) is 7.55. The zero-order valence-corrected chi connectivity index (χ0v) is 8.90. The molecule has 5 nitrogen and oxygen atoms in total. The molecular formula is C10H14N4O. The van der Waals surface area contributed by atoms with Crippen molar-refractivity contribution in [3.63, 3.8) is 0 Å². The molecule has 80 valence electrons. The van der Waals surface area contributed by atoms with Crippen LogP contribution in [0, 0.1) is 6.92 Å². The maximum atomic E-state index is 5.55. The summed E-state index contributed by atoms with van der Waals surface area (Å²) < 4.78 is 7.25. The van der Waals surface area contributed by atoms with E-state index in [1.165, 1.54) is 6.33 Å². The second-order valence-corrected chi connectivity index (χ2v) is 3.35. The Hall–Kier alpha value is -1.62. The van der Waals surface area contributed by atoms with Crippen LogP contribution in [0.15, 0.2) is 12.4 Å². The normalized spacial score (nSPS) is 10.9. The van der Waals surface area contributed by atoms with Gasteiger partial charge in [-0.2, -0.15) is 0 Å². The number of rotatable bonds is 3. The molecule has 0 spiro atoms. The minimum atomic E-state index is 0.594. The van der Waals surface area contributed by atoms with Crippen LogP contribution in [0.5, 0.6) is 5.88 Å². The van der Waals surface area contributed by atoms with E-state index in [1.54, 1.807) is 7.11 Å². The molecule has 5 heteroatoms. The van der Waals surface area contributed by atoms with Gasteiger partial charge in [0.1, 0.15) is 12.0 Å². The molecule has 2 heterocycles. The van der Waals surface area contributed by atoms with Gasteiger partial charge in [0.05, 0.1) is 12.5 Å². The van der Waals surface area contributed by atoms with E-state index in [2.05, 4.69) is 14.5 Å². The van der Waals surface area contributed by atoms with Crippen molar-refractivity contribution >= 4 is 11.0 Å². The van der Waals surface area contributed by atoms with Crippen LogP contribution in [0.25, 0.3) is 11.0 Å². The molecule has 0 saturated heterocycles. The minimum absolute atomic E-state index is 0.594. The van der Waals surface area contributed by atoms with Gasteiger partial charge >= 0.3 is 0 Å². The van der Waals surface area contributed by atoms with Crippen molar-refractivity contribution in [2.45, 2.75) is 13.5 Å². The molecule has 2 rings (SSSR count). The summed E-state index contributed by atoms with van der Waals surface area (Å²) in [5.74, 6) is 0.610. The topological polar surface area (TPSA) is 66.0 Å². The molecule has 0 aliphatic carbocycles. The quantitative estimate of drug-likeness (QED) is 0.803. The van der Waals surface area contributed by atoms with Gasteiger partial charge in [0.25, 0.3) is 0 Å². The van der Waals surface area contributed by atoms with Gasteiger partial charge in [-0.1, -0.05) is 0 Å². The third kappa shape index (κ3) is 1.55. The van der Waals surface area contributed by atoms with Crippen molar-refractivity contribution in [1.82, 2.24) is 14.5 Å². The van der Waals surface area contributed by atoms with Crippen molar-refractivity contribution in [2.24, 2.45) is 5.73 Å². The van der Waals surface area contributed by atoms with E-state index in [4.69, 9.17) is 10.5 Å². The summed E-state index contributed by atoms with van der Waals surface area (Å²) in [7, 11) is 1.61. The van der Waals surface area contributed by atoms with Crippen LogP contribution < -0.4 is 10.5 Å². The maximum absolute atomic E-state index is 5.55. The summed E-state index contributed by atoms with van der Waals surface area (Å²) in [6, 6.07) is 2.02. The Balaban J connectivity index is 2.67. The number of nitrogens with zero attached hydrogens (tertiary/aromatic N) is 3. The number of fused-ring (bicyclic) bond motifs is 1. The van der Waals surface area contributed by atoms with Gasteiger partial charge < -0.3 is 15.0 Å². The molecule has 0 bridgehead atoms. The Morgan fingerprint density at radius 3 is 2.93 bits per heavy atom. The Labute approximate surface area is 87.9 Å². The lowest BCUT2D eigenvalue weighted by molar-refractivity contribution is 0.402. The molecule has 0 radical (unpaired) electrons. The van der Waals surface area contributed by atoms with E-state index in [-0.39, 0.29) is 0 Å². The first-order chi connectivity index (χ1) is 7.27. The third-order valence-corrected chi connectivity index (χ3v) is 2.41. The Kier molecular flexibility index (Phi) is 2.55. The zero-order valence-electron chi connectivity index (χ0n) is 8.90. The number of aromatic nitrogens is 3. The summed E-state index contributed by atoms with van der Waals surface area (Å²) in [5, 5.41) is 0.936. The largest absolute Gasteiger partial charge is 0.480 e. The van der Waals surface area contributed by atoms with Crippen LogP contribution in [0.2, 0.25) is 0 Å². The van der Waals surface area contributed by atoms with Gasteiger partial charge in [-0.25, -0.2) is 9.97 Å². The molecule has 0 atom stereocenters. The summed E-state index contributed by atoms with van der Waals surface area (Å²) in [6.07, 6.45) is 1.51. The third-order valence-electron chi connectivity index (χ3n) is 2.41. The van der Waals surface area contributed by atoms with Gasteiger partial charge in [0.15, 0.2) is 0 Å². The summed E-state index contributed by atoms with van der Waals surface area (Å²) >= 11 is 0. The van der Waals surface area contributed by atoms with E-state index in [0.717, 1.165) is 23.3 Å². The van der Waals surface area contributed by atoms with E-state index < -0.39 is 0 Å². The van der Waals surface area contributed by atoms with E-state index in [9.17, 15) is 0 Å². The molecule has 2 aromatic heterocycles. The van der Waals surface area contributed by atoms with Crippen LogP contribution in [0.4, 0.5) is 0 Å². The molecule has 2 aromatic rings. The predicted octanol–water partition coefficient (Wildman–Crippen LogP) is 0.707. The molecule has 0 aliphatic rings. The molecule has 0 fully saturated rings. The predicted molar refractivity (Wildman–Crippen MR) is 57.9 cm³/mol. The molecule has 2 N–H and O–H groups in total. The van der Waals surface area contributed by atoms with Crippen LogP contribution in [-0.2, 0) is 6.54 Å². The average molecular weight is 206 g/mol. The smallest absolute Gasteiger partial charge is 0.225 e. The molecule has 0 unspecified atom stereocenters. The second kappa shape index (κ2) is 3.86.